The van der Waals surface area contributed by atoms with Gasteiger partial charge in [0.15, 0.2) is 17.5 Å². The first-order valence-electron chi connectivity index (χ1n) is 16.3. The average molecular weight is 628 g/mol. The van der Waals surface area contributed by atoms with Crippen molar-refractivity contribution in [2.75, 3.05) is 0 Å². The zero-order chi connectivity index (χ0) is 32.6. The van der Waals surface area contributed by atoms with Crippen LogP contribution in [-0.2, 0) is 0 Å². The van der Waals surface area contributed by atoms with Gasteiger partial charge < -0.3 is 0 Å². The van der Waals surface area contributed by atoms with Crippen molar-refractivity contribution in [2.24, 2.45) is 0 Å². The van der Waals surface area contributed by atoms with Crippen LogP contribution in [0.3, 0.4) is 0 Å². The van der Waals surface area contributed by atoms with Gasteiger partial charge in [-0.2, -0.15) is 5.10 Å². The Morgan fingerprint density at radius 3 is 1.35 bits per heavy atom. The molecule has 0 amide bonds. The van der Waals surface area contributed by atoms with Gasteiger partial charge in [0.05, 0.1) is 11.2 Å². The largest absolute Gasteiger partial charge is 0.231 e. The number of aromatic nitrogens is 5. The molecule has 9 rings (SSSR count). The summed E-state index contributed by atoms with van der Waals surface area (Å²) >= 11 is 0. The van der Waals surface area contributed by atoms with E-state index in [9.17, 15) is 0 Å². The quantitative estimate of drug-likeness (QED) is 0.184. The summed E-state index contributed by atoms with van der Waals surface area (Å²) in [5, 5.41) is 7.70. The molecule has 9 aromatic rings. The highest BCUT2D eigenvalue weighted by atomic mass is 15.2. The normalized spacial score (nSPS) is 11.3. The summed E-state index contributed by atoms with van der Waals surface area (Å²) in [6, 6.07) is 60.4. The summed E-state index contributed by atoms with van der Waals surface area (Å²) in [7, 11) is 0. The van der Waals surface area contributed by atoms with Crippen molar-refractivity contribution in [1.29, 1.82) is 0 Å². The van der Waals surface area contributed by atoms with Crippen molar-refractivity contribution in [3.05, 3.63) is 176 Å². The molecule has 0 aliphatic carbocycles. The standard InChI is InChI=1S/C44H29N5/c1-5-15-30(16-6-1)38-29-36-23-13-14-24-37(36)41-39(31-17-7-2-8-18-31)40(48-49(38)41)32-25-27-35(28-26-32)44-46-42(33-19-9-3-10-20-33)45-43(47-44)34-21-11-4-12-22-34/h1-29H. The Morgan fingerprint density at radius 1 is 0.367 bits per heavy atom. The van der Waals surface area contributed by atoms with Gasteiger partial charge in [0, 0.05) is 38.8 Å². The van der Waals surface area contributed by atoms with Crippen LogP contribution in [0.25, 0.3) is 84.1 Å². The number of pyridine rings is 1. The van der Waals surface area contributed by atoms with Crippen molar-refractivity contribution in [1.82, 2.24) is 24.6 Å². The van der Waals surface area contributed by atoms with Crippen molar-refractivity contribution >= 4 is 16.3 Å². The van der Waals surface area contributed by atoms with Gasteiger partial charge in [-0.3, -0.25) is 0 Å². The lowest BCUT2D eigenvalue weighted by molar-refractivity contribution is 0.979. The molecule has 0 spiro atoms. The average Bonchev–Trinajstić information content (AvgIpc) is 3.60. The van der Waals surface area contributed by atoms with Gasteiger partial charge >= 0.3 is 0 Å². The van der Waals surface area contributed by atoms with Gasteiger partial charge in [-0.25, -0.2) is 19.5 Å². The van der Waals surface area contributed by atoms with Crippen LogP contribution >= 0.6 is 0 Å². The summed E-state index contributed by atoms with van der Waals surface area (Å²) in [6.07, 6.45) is 0. The molecule has 6 aromatic carbocycles. The molecule has 0 N–H and O–H groups in total. The van der Waals surface area contributed by atoms with Crippen molar-refractivity contribution in [3.63, 3.8) is 0 Å². The number of fused-ring (bicyclic) bond motifs is 3. The van der Waals surface area contributed by atoms with Crippen LogP contribution < -0.4 is 0 Å². The molecule has 0 radical (unpaired) electrons. The molecule has 0 saturated carbocycles. The highest BCUT2D eigenvalue weighted by molar-refractivity contribution is 6.08. The third kappa shape index (κ3) is 5.24. The molecule has 49 heavy (non-hydrogen) atoms. The minimum atomic E-state index is 0.620. The zero-order valence-corrected chi connectivity index (χ0v) is 26.5. The predicted octanol–water partition coefficient (Wildman–Crippen LogP) is 10.7. The summed E-state index contributed by atoms with van der Waals surface area (Å²) in [6.45, 7) is 0. The molecule has 0 saturated heterocycles. The monoisotopic (exact) mass is 627 g/mol. The molecule has 230 valence electrons. The molecule has 3 heterocycles. The van der Waals surface area contributed by atoms with E-state index in [0.29, 0.717) is 17.5 Å². The molecule has 3 aromatic heterocycles. The maximum Gasteiger partial charge on any atom is 0.164 e. The van der Waals surface area contributed by atoms with Crippen molar-refractivity contribution in [3.8, 4) is 67.8 Å². The number of nitrogens with zero attached hydrogens (tertiary/aromatic N) is 5. The molecule has 0 aliphatic heterocycles. The van der Waals surface area contributed by atoms with Crippen LogP contribution in [-0.4, -0.2) is 24.6 Å². The van der Waals surface area contributed by atoms with Crippen LogP contribution in [0.4, 0.5) is 0 Å². The Bertz CT molecular complexity index is 2500. The minimum absolute atomic E-state index is 0.620. The maximum atomic E-state index is 5.37. The van der Waals surface area contributed by atoms with Crippen LogP contribution in [0, 0.1) is 0 Å². The molecule has 0 bridgehead atoms. The van der Waals surface area contributed by atoms with E-state index in [4.69, 9.17) is 20.1 Å². The van der Waals surface area contributed by atoms with Gasteiger partial charge in [-0.1, -0.05) is 170 Å². The van der Waals surface area contributed by atoms with E-state index in [1.807, 2.05) is 66.7 Å². The lowest BCUT2D eigenvalue weighted by atomic mass is 9.96. The molecular formula is C44H29N5. The topological polar surface area (TPSA) is 56.0 Å². The second kappa shape index (κ2) is 12.1. The van der Waals surface area contributed by atoms with Gasteiger partial charge in [0.25, 0.3) is 0 Å². The zero-order valence-electron chi connectivity index (χ0n) is 26.5. The fourth-order valence-corrected chi connectivity index (χ4v) is 6.50. The number of benzene rings is 6. The molecule has 0 unspecified atom stereocenters. The van der Waals surface area contributed by atoms with Gasteiger partial charge in [0.1, 0.15) is 5.69 Å². The Hall–Kier alpha value is -6.72. The first kappa shape index (κ1) is 28.5. The summed E-state index contributed by atoms with van der Waals surface area (Å²) in [5.74, 6) is 1.90. The van der Waals surface area contributed by atoms with Gasteiger partial charge in [-0.15, -0.1) is 0 Å². The van der Waals surface area contributed by atoms with E-state index in [1.165, 1.54) is 5.39 Å². The van der Waals surface area contributed by atoms with E-state index in [0.717, 1.165) is 61.2 Å². The van der Waals surface area contributed by atoms with E-state index in [-0.39, 0.29) is 0 Å². The highest BCUT2D eigenvalue weighted by Gasteiger charge is 2.22. The molecule has 0 atom stereocenters. The predicted molar refractivity (Wildman–Crippen MR) is 199 cm³/mol. The lowest BCUT2D eigenvalue weighted by Crippen LogP contribution is -2.00. The Morgan fingerprint density at radius 2 is 0.796 bits per heavy atom. The third-order valence-corrected chi connectivity index (χ3v) is 8.87. The minimum Gasteiger partial charge on any atom is -0.231 e. The number of hydrogen-bond donors (Lipinski definition) is 0. The fraction of sp³-hybridized carbons (Fsp3) is 0. The Labute approximate surface area is 283 Å². The summed E-state index contributed by atoms with van der Waals surface area (Å²) in [4.78, 5) is 14.7. The first-order chi connectivity index (χ1) is 24.3. The Kier molecular flexibility index (Phi) is 7.06. The van der Waals surface area contributed by atoms with Crippen LogP contribution in [0.5, 0.6) is 0 Å². The van der Waals surface area contributed by atoms with E-state index in [2.05, 4.69) is 114 Å². The second-order valence-electron chi connectivity index (χ2n) is 11.9. The summed E-state index contributed by atoms with van der Waals surface area (Å²) < 4.78 is 2.12. The van der Waals surface area contributed by atoms with Gasteiger partial charge in [0.2, 0.25) is 0 Å². The third-order valence-electron chi connectivity index (χ3n) is 8.87. The highest BCUT2D eigenvalue weighted by Crippen LogP contribution is 2.41. The van der Waals surface area contributed by atoms with Crippen LogP contribution in [0.2, 0.25) is 0 Å². The number of hydrogen-bond acceptors (Lipinski definition) is 4. The van der Waals surface area contributed by atoms with Crippen molar-refractivity contribution in [2.45, 2.75) is 0 Å². The van der Waals surface area contributed by atoms with Gasteiger partial charge in [-0.05, 0) is 17.0 Å². The SMILES string of the molecule is c1ccc(-c2nc(-c3ccccc3)nc(-c3ccc(-c4nn5c(-c6ccccc6)cc6ccccc6c5c4-c4ccccc4)cc3)n2)cc1. The first-order valence-corrected chi connectivity index (χ1v) is 16.3. The molecule has 5 nitrogen and oxygen atoms in total. The maximum absolute atomic E-state index is 5.37. The molecule has 0 aliphatic rings. The Balaban J connectivity index is 1.24. The smallest absolute Gasteiger partial charge is 0.164 e. The second-order valence-corrected chi connectivity index (χ2v) is 11.9. The number of rotatable bonds is 6. The van der Waals surface area contributed by atoms with E-state index in [1.54, 1.807) is 0 Å². The van der Waals surface area contributed by atoms with Crippen molar-refractivity contribution < 1.29 is 0 Å². The molecule has 5 heteroatoms. The van der Waals surface area contributed by atoms with Crippen LogP contribution in [0.15, 0.2) is 176 Å². The van der Waals surface area contributed by atoms with Crippen LogP contribution in [0.1, 0.15) is 0 Å². The summed E-state index contributed by atoms with van der Waals surface area (Å²) in [5.41, 5.74) is 10.2. The molecular weight excluding hydrogens is 599 g/mol. The fourth-order valence-electron chi connectivity index (χ4n) is 6.50. The van der Waals surface area contributed by atoms with E-state index >= 15 is 0 Å². The molecule has 0 fully saturated rings. The lowest BCUT2D eigenvalue weighted by Gasteiger charge is -2.10. The van der Waals surface area contributed by atoms with E-state index < -0.39 is 0 Å².